The molecule has 17 heavy (non-hydrogen) atoms. The Bertz CT molecular complexity index is 381. The van der Waals surface area contributed by atoms with Crippen LogP contribution in [0.2, 0.25) is 0 Å². The van der Waals surface area contributed by atoms with E-state index < -0.39 is 6.10 Å². The van der Waals surface area contributed by atoms with Crippen molar-refractivity contribution < 1.29 is 5.11 Å². The molecule has 1 fully saturated rings. The van der Waals surface area contributed by atoms with E-state index in [0.29, 0.717) is 12.5 Å². The number of halogens is 1. The first-order chi connectivity index (χ1) is 8.09. The summed E-state index contributed by atoms with van der Waals surface area (Å²) in [5.41, 5.74) is 5.87. The summed E-state index contributed by atoms with van der Waals surface area (Å²) in [6, 6.07) is 2.00. The van der Waals surface area contributed by atoms with E-state index in [-0.39, 0.29) is 5.41 Å². The zero-order valence-electron chi connectivity index (χ0n) is 10.2. The molecule has 2 rings (SSSR count). The Morgan fingerprint density at radius 3 is 3.00 bits per heavy atom. The van der Waals surface area contributed by atoms with Crippen molar-refractivity contribution in [3.8, 4) is 0 Å². The van der Waals surface area contributed by atoms with E-state index in [2.05, 4.69) is 22.9 Å². The van der Waals surface area contributed by atoms with Gasteiger partial charge in [0, 0.05) is 21.3 Å². The summed E-state index contributed by atoms with van der Waals surface area (Å²) in [5.74, 6) is 0.667. The fourth-order valence-electron chi connectivity index (χ4n) is 3.02. The Labute approximate surface area is 115 Å². The van der Waals surface area contributed by atoms with Crippen LogP contribution in [0.1, 0.15) is 43.6 Å². The first kappa shape index (κ1) is 13.5. The van der Waals surface area contributed by atoms with E-state index >= 15 is 0 Å². The molecule has 3 atom stereocenters. The Kier molecular flexibility index (Phi) is 4.29. The number of nitrogens with two attached hydrogens (primary N) is 1. The fourth-order valence-corrected chi connectivity index (χ4v) is 4.74. The highest BCUT2D eigenvalue weighted by Crippen LogP contribution is 2.49. The summed E-state index contributed by atoms with van der Waals surface area (Å²) in [6.07, 6.45) is 4.09. The van der Waals surface area contributed by atoms with Crippen LogP contribution in [0, 0.1) is 11.3 Å². The third-order valence-corrected chi connectivity index (χ3v) is 5.93. The lowest BCUT2D eigenvalue weighted by Crippen LogP contribution is -2.40. The third kappa shape index (κ3) is 2.60. The van der Waals surface area contributed by atoms with Gasteiger partial charge < -0.3 is 10.8 Å². The van der Waals surface area contributed by atoms with E-state index in [9.17, 15) is 5.11 Å². The Morgan fingerprint density at radius 1 is 1.71 bits per heavy atom. The van der Waals surface area contributed by atoms with Gasteiger partial charge in [0.15, 0.2) is 0 Å². The van der Waals surface area contributed by atoms with E-state index in [1.165, 1.54) is 12.8 Å². The standard InChI is InChI=1S/C13H20BrNOS/c1-9-3-2-5-13(7-9,8-15)12(16)11-10(14)4-6-17-11/h4,6,9,12,16H,2-3,5,7-8,15H2,1H3. The molecule has 2 nitrogen and oxygen atoms in total. The maximum atomic E-state index is 10.7. The zero-order valence-corrected chi connectivity index (χ0v) is 12.6. The molecule has 0 bridgehead atoms. The normalized spacial score (nSPS) is 31.4. The Morgan fingerprint density at radius 2 is 2.47 bits per heavy atom. The monoisotopic (exact) mass is 317 g/mol. The lowest BCUT2D eigenvalue weighted by Gasteiger charge is -2.42. The molecule has 3 unspecified atom stereocenters. The van der Waals surface area contributed by atoms with Gasteiger partial charge in [-0.1, -0.05) is 19.8 Å². The lowest BCUT2D eigenvalue weighted by molar-refractivity contribution is -0.0112. The average molecular weight is 318 g/mol. The molecule has 1 aromatic rings. The van der Waals surface area contributed by atoms with Gasteiger partial charge in [0.05, 0.1) is 6.10 Å². The van der Waals surface area contributed by atoms with Gasteiger partial charge in [0.2, 0.25) is 0 Å². The number of aliphatic hydroxyl groups excluding tert-OH is 1. The first-order valence-electron chi connectivity index (χ1n) is 6.20. The van der Waals surface area contributed by atoms with Crippen molar-refractivity contribution in [1.29, 1.82) is 0 Å². The highest BCUT2D eigenvalue weighted by molar-refractivity contribution is 9.10. The summed E-state index contributed by atoms with van der Waals surface area (Å²) in [6.45, 7) is 2.84. The molecule has 1 heterocycles. The molecular formula is C13H20BrNOS. The molecule has 1 aliphatic carbocycles. The number of rotatable bonds is 3. The van der Waals surface area contributed by atoms with Gasteiger partial charge in [-0.05, 0) is 46.1 Å². The number of hydrogen-bond acceptors (Lipinski definition) is 3. The number of thiophene rings is 1. The molecule has 1 aliphatic rings. The van der Waals surface area contributed by atoms with Crippen LogP contribution in [0.5, 0.6) is 0 Å². The van der Waals surface area contributed by atoms with Crippen LogP contribution < -0.4 is 5.73 Å². The van der Waals surface area contributed by atoms with Crippen LogP contribution in [-0.2, 0) is 0 Å². The van der Waals surface area contributed by atoms with Crippen LogP contribution in [0.15, 0.2) is 15.9 Å². The largest absolute Gasteiger partial charge is 0.387 e. The lowest BCUT2D eigenvalue weighted by atomic mass is 9.66. The highest BCUT2D eigenvalue weighted by Gasteiger charge is 2.41. The van der Waals surface area contributed by atoms with Crippen molar-refractivity contribution in [2.45, 2.75) is 38.7 Å². The second-order valence-corrected chi connectivity index (χ2v) is 7.11. The minimum atomic E-state index is -0.426. The van der Waals surface area contributed by atoms with Gasteiger partial charge in [-0.25, -0.2) is 0 Å². The molecule has 1 saturated carbocycles. The second kappa shape index (κ2) is 5.39. The minimum Gasteiger partial charge on any atom is -0.387 e. The summed E-state index contributed by atoms with van der Waals surface area (Å²) in [5, 5.41) is 12.7. The van der Waals surface area contributed by atoms with Crippen molar-refractivity contribution in [3.05, 3.63) is 20.8 Å². The molecule has 0 amide bonds. The van der Waals surface area contributed by atoms with E-state index in [4.69, 9.17) is 5.73 Å². The molecule has 3 N–H and O–H groups in total. The predicted octanol–water partition coefficient (Wildman–Crippen LogP) is 3.70. The van der Waals surface area contributed by atoms with E-state index in [0.717, 1.165) is 22.2 Å². The maximum Gasteiger partial charge on any atom is 0.0961 e. The number of aliphatic hydroxyl groups is 1. The van der Waals surface area contributed by atoms with Crippen molar-refractivity contribution in [2.75, 3.05) is 6.54 Å². The van der Waals surface area contributed by atoms with E-state index in [1.54, 1.807) is 11.3 Å². The molecule has 0 radical (unpaired) electrons. The van der Waals surface area contributed by atoms with Gasteiger partial charge in [-0.3, -0.25) is 0 Å². The van der Waals surface area contributed by atoms with Crippen LogP contribution in [-0.4, -0.2) is 11.7 Å². The second-order valence-electron chi connectivity index (χ2n) is 5.30. The molecule has 0 aromatic carbocycles. The van der Waals surface area contributed by atoms with E-state index in [1.807, 2.05) is 11.4 Å². The van der Waals surface area contributed by atoms with Crippen molar-refractivity contribution >= 4 is 27.3 Å². The molecule has 0 spiro atoms. The minimum absolute atomic E-state index is 0.120. The molecule has 4 heteroatoms. The van der Waals surface area contributed by atoms with Gasteiger partial charge in [0.25, 0.3) is 0 Å². The zero-order chi connectivity index (χ0) is 12.5. The van der Waals surface area contributed by atoms with Crippen molar-refractivity contribution in [1.82, 2.24) is 0 Å². The van der Waals surface area contributed by atoms with Gasteiger partial charge in [0.1, 0.15) is 0 Å². The Balaban J connectivity index is 2.26. The van der Waals surface area contributed by atoms with Crippen molar-refractivity contribution in [2.24, 2.45) is 17.1 Å². The van der Waals surface area contributed by atoms with Crippen molar-refractivity contribution in [3.63, 3.8) is 0 Å². The summed E-state index contributed by atoms with van der Waals surface area (Å²) < 4.78 is 1.01. The highest BCUT2D eigenvalue weighted by atomic mass is 79.9. The molecule has 96 valence electrons. The molecule has 0 aliphatic heterocycles. The quantitative estimate of drug-likeness (QED) is 0.892. The summed E-state index contributed by atoms with van der Waals surface area (Å²) in [4.78, 5) is 1.03. The first-order valence-corrected chi connectivity index (χ1v) is 7.87. The number of hydrogen-bond donors (Lipinski definition) is 2. The summed E-state index contributed by atoms with van der Waals surface area (Å²) in [7, 11) is 0. The average Bonchev–Trinajstić information content (AvgIpc) is 2.74. The van der Waals surface area contributed by atoms with Crippen LogP contribution in [0.3, 0.4) is 0 Å². The van der Waals surface area contributed by atoms with Gasteiger partial charge in [-0.15, -0.1) is 11.3 Å². The van der Waals surface area contributed by atoms with Gasteiger partial charge >= 0.3 is 0 Å². The predicted molar refractivity (Wildman–Crippen MR) is 76.1 cm³/mol. The van der Waals surface area contributed by atoms with Gasteiger partial charge in [-0.2, -0.15) is 0 Å². The fraction of sp³-hybridized carbons (Fsp3) is 0.692. The van der Waals surface area contributed by atoms with Crippen LogP contribution in [0.25, 0.3) is 0 Å². The third-order valence-electron chi connectivity index (χ3n) is 4.01. The SMILES string of the molecule is CC1CCCC(CN)(C(O)c2sccc2Br)C1. The maximum absolute atomic E-state index is 10.7. The van der Waals surface area contributed by atoms with Crippen LogP contribution in [0.4, 0.5) is 0 Å². The Hall–Kier alpha value is 0.100. The molecule has 1 aromatic heterocycles. The smallest absolute Gasteiger partial charge is 0.0961 e. The van der Waals surface area contributed by atoms with Crippen LogP contribution >= 0.6 is 27.3 Å². The topological polar surface area (TPSA) is 46.2 Å². The summed E-state index contributed by atoms with van der Waals surface area (Å²) >= 11 is 5.13. The molecule has 0 saturated heterocycles. The molecular weight excluding hydrogens is 298 g/mol.